The molecule has 2 aliphatic carbocycles. The van der Waals surface area contributed by atoms with Crippen molar-refractivity contribution in [3.63, 3.8) is 0 Å². The Morgan fingerprint density at radius 2 is 2.19 bits per heavy atom. The van der Waals surface area contributed by atoms with Gasteiger partial charge in [0.25, 0.3) is 0 Å². The van der Waals surface area contributed by atoms with Crippen LogP contribution in [-0.4, -0.2) is 48.6 Å². The molecule has 0 aromatic carbocycles. The molecule has 0 spiro atoms. The highest BCUT2D eigenvalue weighted by Crippen LogP contribution is 2.42. The maximum Gasteiger partial charge on any atom is 0.0136 e. The Morgan fingerprint density at radius 1 is 1.31 bits per heavy atom. The summed E-state index contributed by atoms with van der Waals surface area (Å²) in [7, 11) is 0. The minimum absolute atomic E-state index is 0.794. The van der Waals surface area contributed by atoms with Crippen molar-refractivity contribution in [1.29, 1.82) is 0 Å². The lowest BCUT2D eigenvalue weighted by Crippen LogP contribution is -2.50. The molecule has 3 heteroatoms. The fraction of sp³-hybridized carbons (Fsp3) is 0.846. The maximum absolute atomic E-state index is 3.74. The average molecular weight is 238 g/mol. The summed E-state index contributed by atoms with van der Waals surface area (Å²) in [6.07, 6.45) is 7.56. The third-order valence-electron chi connectivity index (χ3n) is 4.30. The molecule has 1 saturated carbocycles. The monoisotopic (exact) mass is 238 g/mol. The Hall–Kier alpha value is 0.0100. The predicted octanol–water partition coefficient (Wildman–Crippen LogP) is 1.59. The van der Waals surface area contributed by atoms with E-state index in [0.717, 1.165) is 17.9 Å². The Bertz CT molecular complexity index is 261. The van der Waals surface area contributed by atoms with Gasteiger partial charge in [-0.1, -0.05) is 12.2 Å². The van der Waals surface area contributed by atoms with Gasteiger partial charge in [-0.3, -0.25) is 0 Å². The summed E-state index contributed by atoms with van der Waals surface area (Å²) in [6, 6.07) is 0.794. The predicted molar refractivity (Wildman–Crippen MR) is 70.9 cm³/mol. The van der Waals surface area contributed by atoms with E-state index in [2.05, 4.69) is 34.1 Å². The van der Waals surface area contributed by atoms with Gasteiger partial charge in [0.2, 0.25) is 0 Å². The van der Waals surface area contributed by atoms with Crippen molar-refractivity contribution < 1.29 is 0 Å². The van der Waals surface area contributed by atoms with Crippen LogP contribution in [0.5, 0.6) is 0 Å². The van der Waals surface area contributed by atoms with E-state index in [1.165, 1.54) is 50.5 Å². The summed E-state index contributed by atoms with van der Waals surface area (Å²) >= 11 is 2.10. The number of thioether (sulfide) groups is 1. The second-order valence-electron chi connectivity index (χ2n) is 5.25. The second kappa shape index (κ2) is 5.11. The maximum atomic E-state index is 3.74. The first kappa shape index (κ1) is 11.1. The fourth-order valence-corrected chi connectivity index (χ4v) is 4.16. The SMILES string of the molecule is C1=CC2C(C1)CC2NCCN1CCSCC1. The number of nitrogens with zero attached hydrogens (tertiary/aromatic N) is 1. The standard InChI is InChI=1S/C13H22N2S/c1-2-11-10-13(12(11)3-1)14-4-5-15-6-8-16-9-7-15/h1,3,11-14H,2,4-10H2. The van der Waals surface area contributed by atoms with E-state index in [-0.39, 0.29) is 0 Å². The van der Waals surface area contributed by atoms with Gasteiger partial charge in [0.05, 0.1) is 0 Å². The molecule has 0 bridgehead atoms. The van der Waals surface area contributed by atoms with Crippen molar-refractivity contribution in [1.82, 2.24) is 10.2 Å². The Kier molecular flexibility index (Phi) is 3.55. The molecule has 0 amide bonds. The molecule has 1 aliphatic heterocycles. The van der Waals surface area contributed by atoms with Crippen molar-refractivity contribution in [3.8, 4) is 0 Å². The van der Waals surface area contributed by atoms with Crippen molar-refractivity contribution in [3.05, 3.63) is 12.2 Å². The van der Waals surface area contributed by atoms with Gasteiger partial charge in [-0.05, 0) is 24.7 Å². The molecule has 0 aromatic heterocycles. The molecular formula is C13H22N2S. The van der Waals surface area contributed by atoms with Crippen molar-refractivity contribution in [2.24, 2.45) is 11.8 Å². The quantitative estimate of drug-likeness (QED) is 0.749. The van der Waals surface area contributed by atoms with Crippen LogP contribution < -0.4 is 5.32 Å². The van der Waals surface area contributed by atoms with Crippen LogP contribution >= 0.6 is 11.8 Å². The molecule has 3 rings (SSSR count). The first-order valence-electron chi connectivity index (χ1n) is 6.63. The van der Waals surface area contributed by atoms with E-state index >= 15 is 0 Å². The van der Waals surface area contributed by atoms with Gasteiger partial charge < -0.3 is 10.2 Å². The second-order valence-corrected chi connectivity index (χ2v) is 6.48. The molecule has 16 heavy (non-hydrogen) atoms. The van der Waals surface area contributed by atoms with Crippen LogP contribution in [0, 0.1) is 11.8 Å². The van der Waals surface area contributed by atoms with Crippen LogP contribution in [0.25, 0.3) is 0 Å². The highest BCUT2D eigenvalue weighted by Gasteiger charge is 2.40. The summed E-state index contributed by atoms with van der Waals surface area (Å²) in [5.41, 5.74) is 0. The largest absolute Gasteiger partial charge is 0.312 e. The van der Waals surface area contributed by atoms with Crippen molar-refractivity contribution in [2.75, 3.05) is 37.7 Å². The summed E-state index contributed by atoms with van der Waals surface area (Å²) in [5.74, 6) is 4.52. The summed E-state index contributed by atoms with van der Waals surface area (Å²) < 4.78 is 0. The van der Waals surface area contributed by atoms with Gasteiger partial charge in [0.1, 0.15) is 0 Å². The van der Waals surface area contributed by atoms with Crippen LogP contribution in [0.4, 0.5) is 0 Å². The average Bonchev–Trinajstić information content (AvgIpc) is 2.67. The van der Waals surface area contributed by atoms with Crippen molar-refractivity contribution in [2.45, 2.75) is 18.9 Å². The molecule has 1 saturated heterocycles. The highest BCUT2D eigenvalue weighted by atomic mass is 32.2. The normalized spacial score (nSPS) is 38.4. The summed E-state index contributed by atoms with van der Waals surface area (Å²) in [6.45, 7) is 5.02. The zero-order chi connectivity index (χ0) is 10.8. The van der Waals surface area contributed by atoms with Crippen LogP contribution in [0.15, 0.2) is 12.2 Å². The zero-order valence-corrected chi connectivity index (χ0v) is 10.7. The summed E-state index contributed by atoms with van der Waals surface area (Å²) in [4.78, 5) is 2.60. The smallest absolute Gasteiger partial charge is 0.0136 e. The minimum atomic E-state index is 0.794. The lowest BCUT2D eigenvalue weighted by molar-refractivity contribution is 0.158. The first-order valence-corrected chi connectivity index (χ1v) is 7.79. The fourth-order valence-electron chi connectivity index (χ4n) is 3.18. The summed E-state index contributed by atoms with van der Waals surface area (Å²) in [5, 5.41) is 3.74. The molecular weight excluding hydrogens is 216 g/mol. The third-order valence-corrected chi connectivity index (χ3v) is 5.24. The molecule has 1 N–H and O–H groups in total. The van der Waals surface area contributed by atoms with Crippen LogP contribution in [0.3, 0.4) is 0 Å². The molecule has 0 aromatic rings. The Morgan fingerprint density at radius 3 is 3.00 bits per heavy atom. The highest BCUT2D eigenvalue weighted by molar-refractivity contribution is 7.99. The van der Waals surface area contributed by atoms with Gasteiger partial charge in [-0.2, -0.15) is 11.8 Å². The number of hydrogen-bond acceptors (Lipinski definition) is 3. The molecule has 3 aliphatic rings. The van der Waals surface area contributed by atoms with E-state index in [9.17, 15) is 0 Å². The van der Waals surface area contributed by atoms with E-state index < -0.39 is 0 Å². The minimum Gasteiger partial charge on any atom is -0.312 e. The van der Waals surface area contributed by atoms with E-state index in [4.69, 9.17) is 0 Å². The molecule has 3 unspecified atom stereocenters. The van der Waals surface area contributed by atoms with Gasteiger partial charge in [-0.15, -0.1) is 0 Å². The van der Waals surface area contributed by atoms with Gasteiger partial charge >= 0.3 is 0 Å². The van der Waals surface area contributed by atoms with E-state index in [1.807, 2.05) is 0 Å². The van der Waals surface area contributed by atoms with Crippen LogP contribution in [-0.2, 0) is 0 Å². The number of allylic oxidation sites excluding steroid dienone is 1. The van der Waals surface area contributed by atoms with Gasteiger partial charge in [0.15, 0.2) is 0 Å². The lowest BCUT2D eigenvalue weighted by atomic mass is 9.71. The molecule has 1 heterocycles. The zero-order valence-electron chi connectivity index (χ0n) is 9.90. The van der Waals surface area contributed by atoms with E-state index in [0.29, 0.717) is 0 Å². The van der Waals surface area contributed by atoms with E-state index in [1.54, 1.807) is 0 Å². The van der Waals surface area contributed by atoms with Gasteiger partial charge in [0, 0.05) is 43.7 Å². The molecule has 90 valence electrons. The molecule has 2 fully saturated rings. The van der Waals surface area contributed by atoms with Crippen LogP contribution in [0.2, 0.25) is 0 Å². The third kappa shape index (κ3) is 2.31. The first-order chi connectivity index (χ1) is 7.93. The molecule has 2 nitrogen and oxygen atoms in total. The topological polar surface area (TPSA) is 15.3 Å². The number of nitrogens with one attached hydrogen (secondary N) is 1. The molecule has 3 atom stereocenters. The number of rotatable bonds is 4. The Labute approximate surface area is 103 Å². The van der Waals surface area contributed by atoms with Crippen molar-refractivity contribution >= 4 is 11.8 Å². The Balaban J connectivity index is 1.33. The number of fused-ring (bicyclic) bond motifs is 1. The number of hydrogen-bond donors (Lipinski definition) is 1. The molecule has 0 radical (unpaired) electrons. The van der Waals surface area contributed by atoms with Crippen LogP contribution in [0.1, 0.15) is 12.8 Å². The lowest BCUT2D eigenvalue weighted by Gasteiger charge is -2.41. The van der Waals surface area contributed by atoms with Gasteiger partial charge in [-0.25, -0.2) is 0 Å².